The third kappa shape index (κ3) is 5.24. The molecule has 2 atom stereocenters. The molecule has 4 aromatic heterocycles. The van der Waals surface area contributed by atoms with E-state index in [4.69, 9.17) is 4.78 Å². The minimum atomic E-state index is -4.75. The SMILES string of the molecule is Cc1ncnc(C2CC2)c1-c1nc(C)c2nc(NCc3ccc(S(C)(=N)=O)cn3)c(=O)n([C@@H](C)C(F)(F)F)c2n1. The van der Waals surface area contributed by atoms with E-state index in [1.165, 1.54) is 30.9 Å². The number of nitrogens with zero attached hydrogens (tertiary/aromatic N) is 7. The van der Waals surface area contributed by atoms with Gasteiger partial charge in [0.15, 0.2) is 17.3 Å². The zero-order chi connectivity index (χ0) is 29.0. The van der Waals surface area contributed by atoms with Gasteiger partial charge in [0.05, 0.1) is 49.5 Å². The van der Waals surface area contributed by atoms with Crippen LogP contribution in [0.4, 0.5) is 19.0 Å². The molecule has 0 bridgehead atoms. The Morgan fingerprint density at radius 3 is 2.45 bits per heavy atom. The summed E-state index contributed by atoms with van der Waals surface area (Å²) in [5.41, 5.74) is 1.33. The Morgan fingerprint density at radius 1 is 1.12 bits per heavy atom. The summed E-state index contributed by atoms with van der Waals surface area (Å²) >= 11 is 0. The van der Waals surface area contributed by atoms with Crippen LogP contribution in [0.15, 0.2) is 34.3 Å². The lowest BCUT2D eigenvalue weighted by Gasteiger charge is -2.22. The van der Waals surface area contributed by atoms with E-state index >= 15 is 0 Å². The van der Waals surface area contributed by atoms with Gasteiger partial charge in [-0.15, -0.1) is 0 Å². The number of pyridine rings is 1. The lowest BCUT2D eigenvalue weighted by molar-refractivity contribution is -0.162. The summed E-state index contributed by atoms with van der Waals surface area (Å²) in [6.07, 6.45) is 1.10. The smallest absolute Gasteiger partial charge is 0.360 e. The number of halogens is 3. The number of aromatic nitrogens is 7. The molecule has 1 aliphatic carbocycles. The number of alkyl halides is 3. The molecule has 4 aromatic rings. The molecule has 0 spiro atoms. The fourth-order valence-corrected chi connectivity index (χ4v) is 4.89. The van der Waals surface area contributed by atoms with Crippen LogP contribution >= 0.6 is 0 Å². The van der Waals surface area contributed by atoms with Crippen molar-refractivity contribution < 1.29 is 17.4 Å². The summed E-state index contributed by atoms with van der Waals surface area (Å²) in [6.45, 7) is 4.18. The second-order valence-corrected chi connectivity index (χ2v) is 12.0. The first-order chi connectivity index (χ1) is 18.8. The largest absolute Gasteiger partial charge is 0.409 e. The number of rotatable bonds is 7. The monoisotopic (exact) mass is 573 g/mol. The average Bonchev–Trinajstić information content (AvgIpc) is 3.72. The van der Waals surface area contributed by atoms with Crippen LogP contribution in [0.2, 0.25) is 0 Å². The summed E-state index contributed by atoms with van der Waals surface area (Å²) in [5, 5.41) is 2.77. The number of fused-ring (bicyclic) bond motifs is 1. The van der Waals surface area contributed by atoms with E-state index in [-0.39, 0.29) is 45.9 Å². The van der Waals surface area contributed by atoms with E-state index in [9.17, 15) is 22.2 Å². The highest BCUT2D eigenvalue weighted by Gasteiger charge is 2.40. The number of anilines is 1. The molecule has 0 aromatic carbocycles. The molecular weight excluding hydrogens is 547 g/mol. The molecule has 1 saturated carbocycles. The predicted octanol–water partition coefficient (Wildman–Crippen LogP) is 4.30. The van der Waals surface area contributed by atoms with Crippen molar-refractivity contribution in [2.75, 3.05) is 11.6 Å². The maximum atomic E-state index is 14.0. The van der Waals surface area contributed by atoms with Crippen molar-refractivity contribution in [1.82, 2.24) is 34.5 Å². The van der Waals surface area contributed by atoms with Crippen LogP contribution in [0.5, 0.6) is 0 Å². The molecule has 0 amide bonds. The fraction of sp³-hybridized carbons (Fsp3) is 0.400. The maximum absolute atomic E-state index is 14.0. The third-order valence-corrected chi connectivity index (χ3v) is 7.85. The van der Waals surface area contributed by atoms with Crippen molar-refractivity contribution in [3.05, 3.63) is 57.8 Å². The van der Waals surface area contributed by atoms with E-state index in [1.807, 2.05) is 0 Å². The molecule has 15 heteroatoms. The molecule has 4 heterocycles. The van der Waals surface area contributed by atoms with Crippen molar-refractivity contribution in [1.29, 1.82) is 4.78 Å². The highest BCUT2D eigenvalue weighted by Crippen LogP contribution is 2.43. The summed E-state index contributed by atoms with van der Waals surface area (Å²) in [5.74, 6) is 0.0118. The van der Waals surface area contributed by atoms with Crippen molar-refractivity contribution in [2.24, 2.45) is 0 Å². The Morgan fingerprint density at radius 2 is 1.85 bits per heavy atom. The van der Waals surface area contributed by atoms with Crippen LogP contribution in [-0.2, 0) is 16.3 Å². The minimum Gasteiger partial charge on any atom is -0.360 e. The van der Waals surface area contributed by atoms with Gasteiger partial charge in [-0.2, -0.15) is 13.2 Å². The van der Waals surface area contributed by atoms with E-state index in [0.29, 0.717) is 21.5 Å². The highest BCUT2D eigenvalue weighted by molar-refractivity contribution is 7.91. The second kappa shape index (κ2) is 9.87. The zero-order valence-electron chi connectivity index (χ0n) is 22.1. The number of hydrogen-bond donors (Lipinski definition) is 2. The normalized spacial score (nSPS) is 16.1. The summed E-state index contributed by atoms with van der Waals surface area (Å²) in [4.78, 5) is 39.8. The fourth-order valence-electron chi connectivity index (χ4n) is 4.31. The number of aryl methyl sites for hydroxylation is 2. The molecule has 2 N–H and O–H groups in total. The molecule has 0 aliphatic heterocycles. The van der Waals surface area contributed by atoms with Gasteiger partial charge < -0.3 is 5.32 Å². The number of nitrogens with one attached hydrogen (secondary N) is 2. The van der Waals surface area contributed by atoms with Crippen molar-refractivity contribution in [3.8, 4) is 11.4 Å². The Balaban J connectivity index is 1.64. The Hall–Kier alpha value is -4.01. The molecule has 1 aliphatic rings. The molecule has 1 unspecified atom stereocenters. The topological polar surface area (TPSA) is 152 Å². The van der Waals surface area contributed by atoms with Crippen molar-refractivity contribution in [3.63, 3.8) is 0 Å². The van der Waals surface area contributed by atoms with Crippen LogP contribution in [0, 0.1) is 18.6 Å². The van der Waals surface area contributed by atoms with Gasteiger partial charge in [0.2, 0.25) is 0 Å². The third-order valence-electron chi connectivity index (χ3n) is 6.71. The van der Waals surface area contributed by atoms with Crippen molar-refractivity contribution >= 4 is 26.7 Å². The summed E-state index contributed by atoms with van der Waals surface area (Å²) in [6, 6.07) is 0.777. The second-order valence-electron chi connectivity index (χ2n) is 9.83. The van der Waals surface area contributed by atoms with Gasteiger partial charge in [0.1, 0.15) is 17.9 Å². The molecule has 0 radical (unpaired) electrons. The van der Waals surface area contributed by atoms with Crippen LogP contribution in [0.1, 0.15) is 54.5 Å². The first kappa shape index (κ1) is 27.6. The van der Waals surface area contributed by atoms with E-state index in [0.717, 1.165) is 25.5 Å². The molecule has 210 valence electrons. The Labute approximate surface area is 227 Å². The quantitative estimate of drug-likeness (QED) is 0.329. The average molecular weight is 574 g/mol. The number of hydrogen-bond acceptors (Lipinski definition) is 10. The van der Waals surface area contributed by atoms with Crippen LogP contribution in [0.25, 0.3) is 22.6 Å². The van der Waals surface area contributed by atoms with Crippen LogP contribution in [0.3, 0.4) is 0 Å². The van der Waals surface area contributed by atoms with Gasteiger partial charge in [-0.25, -0.2) is 33.9 Å². The summed E-state index contributed by atoms with van der Waals surface area (Å²) in [7, 11) is -2.96. The van der Waals surface area contributed by atoms with Crippen LogP contribution < -0.4 is 10.9 Å². The maximum Gasteiger partial charge on any atom is 0.409 e. The van der Waals surface area contributed by atoms with Crippen LogP contribution in [-0.4, -0.2) is 51.1 Å². The van der Waals surface area contributed by atoms with Gasteiger partial charge in [-0.1, -0.05) is 0 Å². The molecule has 5 rings (SSSR count). The van der Waals surface area contributed by atoms with Gasteiger partial charge in [-0.3, -0.25) is 14.3 Å². The lowest BCUT2D eigenvalue weighted by atomic mass is 10.1. The molecule has 40 heavy (non-hydrogen) atoms. The first-order valence-corrected chi connectivity index (χ1v) is 14.3. The minimum absolute atomic E-state index is 0.0349. The van der Waals surface area contributed by atoms with Gasteiger partial charge in [0, 0.05) is 18.4 Å². The first-order valence-electron chi connectivity index (χ1n) is 12.4. The van der Waals surface area contributed by atoms with E-state index in [2.05, 4.69) is 35.2 Å². The molecule has 1 fully saturated rings. The molecular formula is C25H26F3N9O2S. The van der Waals surface area contributed by atoms with E-state index < -0.39 is 27.5 Å². The van der Waals surface area contributed by atoms with Crippen molar-refractivity contribution in [2.45, 2.75) is 63.2 Å². The Bertz CT molecular complexity index is 1790. The van der Waals surface area contributed by atoms with E-state index in [1.54, 1.807) is 13.8 Å². The zero-order valence-corrected chi connectivity index (χ0v) is 22.9. The predicted molar refractivity (Wildman–Crippen MR) is 141 cm³/mol. The van der Waals surface area contributed by atoms with Gasteiger partial charge in [0.25, 0.3) is 5.56 Å². The molecule has 0 saturated heterocycles. The molecule has 11 nitrogen and oxygen atoms in total. The van der Waals surface area contributed by atoms with Gasteiger partial charge >= 0.3 is 6.18 Å². The lowest BCUT2D eigenvalue weighted by Crippen LogP contribution is -2.35. The highest BCUT2D eigenvalue weighted by atomic mass is 32.2. The standard InChI is InChI=1S/C25H26F3N9O2S/c1-12-18(20(15-5-6-15)33-11-32-12)21-34-13(2)19-23(36-21)37(14(3)25(26,27)28)24(38)22(35-19)31-9-16-7-8-17(10-30-16)40(4,29)39/h7-8,10-11,14-15,29H,5-6,9H2,1-4H3,(H,31,35)/t14-,40?/m0/s1. The van der Waals surface area contributed by atoms with Gasteiger partial charge in [-0.05, 0) is 45.7 Å². The Kier molecular flexibility index (Phi) is 6.80. The summed E-state index contributed by atoms with van der Waals surface area (Å²) < 4.78 is 62.2.